The molecule has 0 unspecified atom stereocenters. The normalized spacial score (nSPS) is 14.6. The number of fused-ring (bicyclic) bond motifs is 2. The highest BCUT2D eigenvalue weighted by atomic mass is 35.5. The standard InChI is InChI=1S/C15H12ClN3S/c16-13-12-6-8-20-14(12)18-15(17-13)19-7-5-10-3-1-2-4-11(10)9-19/h1-4,6,8H,5,7,9H2. The molecule has 4 rings (SSSR count). The van der Waals surface area contributed by atoms with Crippen LogP contribution in [0.15, 0.2) is 35.7 Å². The van der Waals surface area contributed by atoms with Gasteiger partial charge in [0.1, 0.15) is 9.98 Å². The van der Waals surface area contributed by atoms with E-state index in [-0.39, 0.29) is 0 Å². The van der Waals surface area contributed by atoms with Gasteiger partial charge < -0.3 is 4.90 Å². The number of benzene rings is 1. The molecule has 0 bridgehead atoms. The Morgan fingerprint density at radius 1 is 1.10 bits per heavy atom. The van der Waals surface area contributed by atoms with Gasteiger partial charge in [-0.05, 0) is 29.0 Å². The van der Waals surface area contributed by atoms with Crippen molar-refractivity contribution in [1.82, 2.24) is 9.97 Å². The van der Waals surface area contributed by atoms with E-state index >= 15 is 0 Å². The van der Waals surface area contributed by atoms with Gasteiger partial charge in [-0.3, -0.25) is 0 Å². The quantitative estimate of drug-likeness (QED) is 0.638. The number of hydrogen-bond acceptors (Lipinski definition) is 4. The zero-order valence-electron chi connectivity index (χ0n) is 10.7. The van der Waals surface area contributed by atoms with Crippen LogP contribution in [0.25, 0.3) is 10.2 Å². The Kier molecular flexibility index (Phi) is 2.86. The van der Waals surface area contributed by atoms with Crippen LogP contribution in [0.3, 0.4) is 0 Å². The van der Waals surface area contributed by atoms with Crippen LogP contribution >= 0.6 is 22.9 Å². The molecule has 1 aliphatic heterocycles. The molecule has 0 N–H and O–H groups in total. The lowest BCUT2D eigenvalue weighted by Crippen LogP contribution is -2.31. The molecule has 0 saturated heterocycles. The molecule has 0 atom stereocenters. The second-order valence-electron chi connectivity index (χ2n) is 4.89. The number of halogens is 1. The summed E-state index contributed by atoms with van der Waals surface area (Å²) < 4.78 is 0. The molecule has 100 valence electrons. The van der Waals surface area contributed by atoms with Crippen molar-refractivity contribution < 1.29 is 0 Å². The second kappa shape index (κ2) is 4.72. The first-order valence-electron chi connectivity index (χ1n) is 6.54. The van der Waals surface area contributed by atoms with Crippen LogP contribution in [-0.4, -0.2) is 16.5 Å². The summed E-state index contributed by atoms with van der Waals surface area (Å²) in [4.78, 5) is 12.3. The molecule has 3 heterocycles. The fourth-order valence-electron chi connectivity index (χ4n) is 2.62. The number of aromatic nitrogens is 2. The number of anilines is 1. The lowest BCUT2D eigenvalue weighted by molar-refractivity contribution is 0.710. The zero-order valence-corrected chi connectivity index (χ0v) is 12.3. The smallest absolute Gasteiger partial charge is 0.228 e. The topological polar surface area (TPSA) is 29.0 Å². The van der Waals surface area contributed by atoms with Crippen molar-refractivity contribution in [2.24, 2.45) is 0 Å². The predicted octanol–water partition coefficient (Wildman–Crippen LogP) is 3.91. The Morgan fingerprint density at radius 2 is 1.95 bits per heavy atom. The van der Waals surface area contributed by atoms with E-state index in [1.807, 2.05) is 11.4 Å². The summed E-state index contributed by atoms with van der Waals surface area (Å²) in [5, 5.41) is 3.49. The van der Waals surface area contributed by atoms with Crippen molar-refractivity contribution in [2.45, 2.75) is 13.0 Å². The van der Waals surface area contributed by atoms with Crippen LogP contribution in [0.5, 0.6) is 0 Å². The molecule has 0 saturated carbocycles. The number of hydrogen-bond donors (Lipinski definition) is 0. The molecule has 1 aromatic carbocycles. The highest BCUT2D eigenvalue weighted by Crippen LogP contribution is 2.29. The Labute approximate surface area is 125 Å². The van der Waals surface area contributed by atoms with E-state index in [1.54, 1.807) is 11.3 Å². The van der Waals surface area contributed by atoms with E-state index in [0.29, 0.717) is 5.15 Å². The van der Waals surface area contributed by atoms with Gasteiger partial charge in [-0.25, -0.2) is 9.97 Å². The van der Waals surface area contributed by atoms with E-state index in [1.165, 1.54) is 11.1 Å². The third-order valence-electron chi connectivity index (χ3n) is 3.68. The van der Waals surface area contributed by atoms with Crippen LogP contribution in [0.1, 0.15) is 11.1 Å². The van der Waals surface area contributed by atoms with E-state index in [0.717, 1.165) is 35.7 Å². The van der Waals surface area contributed by atoms with E-state index in [2.05, 4.69) is 39.1 Å². The maximum absolute atomic E-state index is 6.25. The highest BCUT2D eigenvalue weighted by molar-refractivity contribution is 7.16. The highest BCUT2D eigenvalue weighted by Gasteiger charge is 2.19. The molecule has 0 amide bonds. The average Bonchev–Trinajstić information content (AvgIpc) is 2.96. The third-order valence-corrected chi connectivity index (χ3v) is 4.77. The number of rotatable bonds is 1. The van der Waals surface area contributed by atoms with Crippen molar-refractivity contribution in [1.29, 1.82) is 0 Å². The van der Waals surface area contributed by atoms with Crippen molar-refractivity contribution in [3.63, 3.8) is 0 Å². The molecular formula is C15H12ClN3S. The molecule has 20 heavy (non-hydrogen) atoms. The van der Waals surface area contributed by atoms with Crippen molar-refractivity contribution in [3.8, 4) is 0 Å². The van der Waals surface area contributed by atoms with Gasteiger partial charge in [0.25, 0.3) is 0 Å². The van der Waals surface area contributed by atoms with Gasteiger partial charge in [-0.1, -0.05) is 35.9 Å². The van der Waals surface area contributed by atoms with Gasteiger partial charge in [0.2, 0.25) is 5.95 Å². The zero-order chi connectivity index (χ0) is 13.5. The summed E-state index contributed by atoms with van der Waals surface area (Å²) in [6.07, 6.45) is 1.03. The lowest BCUT2D eigenvalue weighted by Gasteiger charge is -2.28. The first kappa shape index (κ1) is 12.1. The maximum Gasteiger partial charge on any atom is 0.228 e. The fourth-order valence-corrected chi connectivity index (χ4v) is 3.66. The molecule has 1 aliphatic rings. The summed E-state index contributed by atoms with van der Waals surface area (Å²) >= 11 is 7.85. The minimum Gasteiger partial charge on any atom is -0.336 e. The number of thiophene rings is 1. The van der Waals surface area contributed by atoms with Crippen LogP contribution in [0.2, 0.25) is 5.15 Å². The predicted molar refractivity (Wildman–Crippen MR) is 83.6 cm³/mol. The maximum atomic E-state index is 6.25. The average molecular weight is 302 g/mol. The monoisotopic (exact) mass is 301 g/mol. The van der Waals surface area contributed by atoms with Crippen molar-refractivity contribution in [3.05, 3.63) is 52.0 Å². The van der Waals surface area contributed by atoms with Crippen LogP contribution in [0.4, 0.5) is 5.95 Å². The summed E-state index contributed by atoms with van der Waals surface area (Å²) in [5.41, 5.74) is 2.77. The van der Waals surface area contributed by atoms with Gasteiger partial charge in [-0.15, -0.1) is 11.3 Å². The Morgan fingerprint density at radius 3 is 2.85 bits per heavy atom. The molecule has 0 spiro atoms. The lowest BCUT2D eigenvalue weighted by atomic mass is 10.0. The van der Waals surface area contributed by atoms with Gasteiger partial charge in [0, 0.05) is 18.5 Å². The summed E-state index contributed by atoms with van der Waals surface area (Å²) in [5.74, 6) is 0.736. The molecule has 3 nitrogen and oxygen atoms in total. The first-order valence-corrected chi connectivity index (χ1v) is 7.79. The van der Waals surface area contributed by atoms with Crippen LogP contribution in [-0.2, 0) is 13.0 Å². The van der Waals surface area contributed by atoms with Gasteiger partial charge >= 0.3 is 0 Å². The Balaban J connectivity index is 1.74. The summed E-state index contributed by atoms with van der Waals surface area (Å²) in [6.45, 7) is 1.79. The molecule has 0 fully saturated rings. The van der Waals surface area contributed by atoms with E-state index < -0.39 is 0 Å². The molecule has 5 heteroatoms. The largest absolute Gasteiger partial charge is 0.336 e. The summed E-state index contributed by atoms with van der Waals surface area (Å²) in [6, 6.07) is 10.5. The summed E-state index contributed by atoms with van der Waals surface area (Å²) in [7, 11) is 0. The molecule has 0 aliphatic carbocycles. The Hall–Kier alpha value is -1.65. The molecule has 3 aromatic rings. The second-order valence-corrected chi connectivity index (χ2v) is 6.15. The van der Waals surface area contributed by atoms with Crippen molar-refractivity contribution in [2.75, 3.05) is 11.4 Å². The minimum atomic E-state index is 0.546. The molecular weight excluding hydrogens is 290 g/mol. The van der Waals surface area contributed by atoms with Gasteiger partial charge in [-0.2, -0.15) is 0 Å². The minimum absolute atomic E-state index is 0.546. The first-order chi connectivity index (χ1) is 9.81. The van der Waals surface area contributed by atoms with E-state index in [9.17, 15) is 0 Å². The SMILES string of the molecule is Clc1nc(N2CCc3ccccc3C2)nc2sccc12. The van der Waals surface area contributed by atoms with Crippen molar-refractivity contribution >= 4 is 39.1 Å². The van der Waals surface area contributed by atoms with Gasteiger partial charge in [0.05, 0.1) is 0 Å². The molecule has 2 aromatic heterocycles. The third kappa shape index (κ3) is 1.96. The number of nitrogens with zero attached hydrogens (tertiary/aromatic N) is 3. The Bertz CT molecular complexity index is 784. The van der Waals surface area contributed by atoms with E-state index in [4.69, 9.17) is 11.6 Å². The van der Waals surface area contributed by atoms with Crippen LogP contribution in [0, 0.1) is 0 Å². The van der Waals surface area contributed by atoms with Crippen LogP contribution < -0.4 is 4.90 Å². The molecule has 0 radical (unpaired) electrons. The fraction of sp³-hybridized carbons (Fsp3) is 0.200. The van der Waals surface area contributed by atoms with Gasteiger partial charge in [0.15, 0.2) is 0 Å².